The zero-order valence-corrected chi connectivity index (χ0v) is 21.5. The lowest BCUT2D eigenvalue weighted by Gasteiger charge is -2.26. The van der Waals surface area contributed by atoms with Gasteiger partial charge in [0.15, 0.2) is 5.82 Å². The van der Waals surface area contributed by atoms with Gasteiger partial charge in [-0.25, -0.2) is 27.2 Å². The number of nitrogen functional groups attached to an aromatic ring is 1. The Bertz CT molecular complexity index is 1360. The topological polar surface area (TPSA) is 120 Å². The van der Waals surface area contributed by atoms with Gasteiger partial charge in [-0.15, -0.1) is 0 Å². The van der Waals surface area contributed by atoms with Crippen LogP contribution >= 0.6 is 11.6 Å². The second kappa shape index (κ2) is 11.5. The van der Waals surface area contributed by atoms with Gasteiger partial charge in [-0.05, 0) is 31.2 Å². The van der Waals surface area contributed by atoms with Gasteiger partial charge >= 0.3 is 0 Å². The van der Waals surface area contributed by atoms with Crippen LogP contribution in [0.25, 0.3) is 11.3 Å². The van der Waals surface area contributed by atoms with Gasteiger partial charge in [0, 0.05) is 36.4 Å². The van der Waals surface area contributed by atoms with Gasteiger partial charge in [0.05, 0.1) is 35.9 Å². The fraction of sp³-hybridized carbons (Fsp3) is 0.333. The van der Waals surface area contributed by atoms with Crippen LogP contribution in [0.4, 0.5) is 20.3 Å². The zero-order chi connectivity index (χ0) is 26.6. The number of aromatic nitrogens is 2. The molecule has 0 radical (unpaired) electrons. The van der Waals surface area contributed by atoms with Crippen LogP contribution in [-0.2, 0) is 14.8 Å². The summed E-state index contributed by atoms with van der Waals surface area (Å²) in [6, 6.07) is 8.42. The molecule has 1 fully saturated rings. The van der Waals surface area contributed by atoms with Crippen molar-refractivity contribution in [2.24, 2.45) is 0 Å². The van der Waals surface area contributed by atoms with Crippen molar-refractivity contribution in [3.8, 4) is 17.1 Å². The lowest BCUT2D eigenvalue weighted by Crippen LogP contribution is -2.39. The summed E-state index contributed by atoms with van der Waals surface area (Å²) < 4.78 is 66.6. The van der Waals surface area contributed by atoms with E-state index in [4.69, 9.17) is 26.8 Å². The number of rotatable bonds is 9. The highest BCUT2D eigenvalue weighted by Gasteiger charge is 2.22. The number of hydrogen-bond acceptors (Lipinski definition) is 8. The van der Waals surface area contributed by atoms with Crippen molar-refractivity contribution in [1.82, 2.24) is 14.9 Å². The Balaban J connectivity index is 1.44. The van der Waals surface area contributed by atoms with E-state index in [1.807, 2.05) is 4.90 Å². The first-order chi connectivity index (χ1) is 17.6. The van der Waals surface area contributed by atoms with E-state index in [0.29, 0.717) is 49.8 Å². The third-order valence-corrected chi connectivity index (χ3v) is 7.43. The minimum absolute atomic E-state index is 0.0347. The van der Waals surface area contributed by atoms with Gasteiger partial charge in [-0.3, -0.25) is 9.62 Å². The minimum atomic E-state index is -3.54. The molecule has 0 bridgehead atoms. The van der Waals surface area contributed by atoms with Crippen molar-refractivity contribution in [3.05, 3.63) is 64.8 Å². The van der Waals surface area contributed by atoms with Crippen LogP contribution in [0.15, 0.2) is 42.6 Å². The first kappa shape index (κ1) is 27.0. The molecule has 0 aliphatic carbocycles. The van der Waals surface area contributed by atoms with E-state index in [-0.39, 0.29) is 23.0 Å². The number of halogens is 3. The van der Waals surface area contributed by atoms with E-state index in [2.05, 4.69) is 14.7 Å². The highest BCUT2D eigenvalue weighted by molar-refractivity contribution is 7.92. The van der Waals surface area contributed by atoms with Gasteiger partial charge in [-0.2, -0.15) is 0 Å². The van der Waals surface area contributed by atoms with Crippen molar-refractivity contribution in [3.63, 3.8) is 0 Å². The predicted molar refractivity (Wildman–Crippen MR) is 137 cm³/mol. The van der Waals surface area contributed by atoms with Gasteiger partial charge < -0.3 is 15.2 Å². The molecule has 198 valence electrons. The number of morpholine rings is 1. The maximum absolute atomic E-state index is 14.3. The van der Waals surface area contributed by atoms with Crippen molar-refractivity contribution in [2.75, 3.05) is 49.1 Å². The summed E-state index contributed by atoms with van der Waals surface area (Å²) in [7, 11) is -3.54. The van der Waals surface area contributed by atoms with Gasteiger partial charge in [0.2, 0.25) is 10.0 Å². The molecule has 13 heteroatoms. The first-order valence-corrected chi connectivity index (χ1v) is 13.5. The molecule has 2 heterocycles. The average Bonchev–Trinajstić information content (AvgIpc) is 2.88. The highest BCUT2D eigenvalue weighted by atomic mass is 35.5. The summed E-state index contributed by atoms with van der Waals surface area (Å²) in [5.41, 5.74) is 7.11. The molecule has 1 aromatic heterocycles. The van der Waals surface area contributed by atoms with E-state index in [9.17, 15) is 17.2 Å². The molecule has 9 nitrogen and oxygen atoms in total. The Morgan fingerprint density at radius 1 is 1.16 bits per heavy atom. The predicted octanol–water partition coefficient (Wildman–Crippen LogP) is 3.87. The van der Waals surface area contributed by atoms with E-state index >= 15 is 0 Å². The van der Waals surface area contributed by atoms with Crippen LogP contribution in [0.5, 0.6) is 5.88 Å². The zero-order valence-electron chi connectivity index (χ0n) is 20.0. The van der Waals surface area contributed by atoms with Crippen molar-refractivity contribution in [1.29, 1.82) is 0 Å². The van der Waals surface area contributed by atoms with Crippen molar-refractivity contribution < 1.29 is 26.7 Å². The second-order valence-electron chi connectivity index (χ2n) is 8.41. The summed E-state index contributed by atoms with van der Waals surface area (Å²) in [6.45, 7) is 4.53. The summed E-state index contributed by atoms with van der Waals surface area (Å²) in [5.74, 6) is -1.68. The van der Waals surface area contributed by atoms with Crippen LogP contribution in [0.3, 0.4) is 0 Å². The third kappa shape index (κ3) is 6.83. The van der Waals surface area contributed by atoms with Crippen molar-refractivity contribution in [2.45, 2.75) is 13.0 Å². The van der Waals surface area contributed by atoms with E-state index in [1.54, 1.807) is 24.3 Å². The lowest BCUT2D eigenvalue weighted by molar-refractivity contribution is 0.0408. The molecule has 1 unspecified atom stereocenters. The van der Waals surface area contributed by atoms with Crippen LogP contribution in [0.1, 0.15) is 18.6 Å². The Morgan fingerprint density at radius 3 is 2.54 bits per heavy atom. The first-order valence-electron chi connectivity index (χ1n) is 11.5. The number of nitrogens with one attached hydrogen (secondary N) is 1. The Hall–Kier alpha value is -3.06. The van der Waals surface area contributed by atoms with Gasteiger partial charge in [0.25, 0.3) is 5.88 Å². The summed E-state index contributed by atoms with van der Waals surface area (Å²) in [6.07, 6.45) is 0.411. The molecule has 2 aromatic carbocycles. The summed E-state index contributed by atoms with van der Waals surface area (Å²) >= 11 is 5.93. The maximum Gasteiger partial charge on any atom is 0.258 e. The third-order valence-electron chi connectivity index (χ3n) is 5.78. The number of ether oxygens (including phenoxy) is 2. The summed E-state index contributed by atoms with van der Waals surface area (Å²) in [5, 5.41) is -0.391. The number of nitrogens with zero attached hydrogens (tertiary/aromatic N) is 3. The maximum atomic E-state index is 14.3. The minimum Gasteiger partial charge on any atom is -0.467 e. The fourth-order valence-corrected chi connectivity index (χ4v) is 5.17. The number of nitrogens with two attached hydrogens (primary N) is 1. The van der Waals surface area contributed by atoms with Crippen LogP contribution in [-0.4, -0.2) is 61.9 Å². The molecule has 0 saturated carbocycles. The Morgan fingerprint density at radius 2 is 1.84 bits per heavy atom. The Labute approximate surface area is 218 Å². The molecule has 3 aromatic rings. The van der Waals surface area contributed by atoms with E-state index in [1.165, 1.54) is 13.1 Å². The average molecular weight is 554 g/mol. The van der Waals surface area contributed by atoms with E-state index < -0.39 is 32.8 Å². The molecule has 1 saturated heterocycles. The molecule has 3 N–H and O–H groups in total. The van der Waals surface area contributed by atoms with Gasteiger partial charge in [-0.1, -0.05) is 23.7 Å². The van der Waals surface area contributed by atoms with Crippen LogP contribution in [0.2, 0.25) is 5.02 Å². The number of sulfonamides is 1. The number of benzene rings is 2. The molecule has 0 spiro atoms. The molecular formula is C24H26ClF2N5O4S. The fourth-order valence-electron chi connectivity index (χ4n) is 3.76. The highest BCUT2D eigenvalue weighted by Crippen LogP contribution is 2.33. The molecule has 1 aliphatic rings. The monoisotopic (exact) mass is 553 g/mol. The molecule has 0 amide bonds. The number of hydrogen-bond donors (Lipinski definition) is 2. The normalized spacial score (nSPS) is 15.4. The summed E-state index contributed by atoms with van der Waals surface area (Å²) in [4.78, 5) is 10.5. The smallest absolute Gasteiger partial charge is 0.258 e. The number of anilines is 2. The molecule has 4 rings (SSSR count). The lowest BCUT2D eigenvalue weighted by atomic mass is 10.1. The molecular weight excluding hydrogens is 528 g/mol. The molecule has 1 aliphatic heterocycles. The Kier molecular flexibility index (Phi) is 8.42. The largest absolute Gasteiger partial charge is 0.467 e. The molecule has 37 heavy (non-hydrogen) atoms. The SMILES string of the molecule is CC(Oc1nc(-c2ccc(NS(=O)(=O)CCN3CCOCC3)cc2)cnc1N)c1c(F)ccc(F)c1Cl. The standard InChI is InChI=1S/C24H26ClF2N5O4S/c1-15(21-18(26)6-7-19(27)22(21)25)36-24-23(28)29-14-20(30-24)16-2-4-17(5-3-16)31-37(33,34)13-10-32-8-11-35-12-9-32/h2-7,14-15,31H,8-13H2,1H3,(H2,28,29). The molecule has 1 atom stereocenters. The quantitative estimate of drug-likeness (QED) is 0.383. The van der Waals surface area contributed by atoms with Crippen LogP contribution in [0, 0.1) is 11.6 Å². The van der Waals surface area contributed by atoms with Crippen LogP contribution < -0.4 is 15.2 Å². The van der Waals surface area contributed by atoms with Crippen molar-refractivity contribution >= 4 is 33.1 Å². The second-order valence-corrected chi connectivity index (χ2v) is 10.6. The van der Waals surface area contributed by atoms with Gasteiger partial charge in [0.1, 0.15) is 17.7 Å². The van der Waals surface area contributed by atoms with E-state index in [0.717, 1.165) is 12.1 Å².